The van der Waals surface area contributed by atoms with Gasteiger partial charge in [0, 0.05) is 11.6 Å². The molecule has 0 aliphatic carbocycles. The summed E-state index contributed by atoms with van der Waals surface area (Å²) >= 11 is 1.44. The van der Waals surface area contributed by atoms with Crippen molar-refractivity contribution in [1.29, 1.82) is 0 Å². The van der Waals surface area contributed by atoms with Crippen molar-refractivity contribution in [3.63, 3.8) is 0 Å². The highest BCUT2D eigenvalue weighted by Crippen LogP contribution is 2.25. The van der Waals surface area contributed by atoms with E-state index in [1.54, 1.807) is 18.5 Å². The number of amides is 1. The van der Waals surface area contributed by atoms with Crippen LogP contribution >= 0.6 is 11.8 Å². The molecular weight excluding hydrogens is 284 g/mol. The molecule has 0 saturated carbocycles. The summed E-state index contributed by atoms with van der Waals surface area (Å²) in [5.74, 6) is 1.05. The molecule has 0 unspecified atom stereocenters. The van der Waals surface area contributed by atoms with Crippen LogP contribution in [0.3, 0.4) is 0 Å². The average Bonchev–Trinajstić information content (AvgIpc) is 3.04. The minimum absolute atomic E-state index is 0.0360. The fourth-order valence-electron chi connectivity index (χ4n) is 1.99. The fourth-order valence-corrected chi connectivity index (χ4v) is 2.84. The van der Waals surface area contributed by atoms with Gasteiger partial charge in [0.25, 0.3) is 0 Å². The zero-order valence-electron chi connectivity index (χ0n) is 11.3. The number of hydrogen-bond donors (Lipinski definition) is 1. The third-order valence-electron chi connectivity index (χ3n) is 3.02. The summed E-state index contributed by atoms with van der Waals surface area (Å²) in [6.45, 7) is 0.412. The normalized spacial score (nSPS) is 10.7. The molecule has 1 aromatic carbocycles. The molecule has 1 amide bonds. The highest BCUT2D eigenvalue weighted by Gasteiger charge is 2.07. The number of benzene rings is 1. The molecule has 0 radical (unpaired) electrons. The molecule has 4 nitrogen and oxygen atoms in total. The molecule has 2 heterocycles. The maximum atomic E-state index is 11.8. The van der Waals surface area contributed by atoms with Gasteiger partial charge in [0.2, 0.25) is 5.91 Å². The SMILES string of the molecule is O=C(CSc1nccc2ccccc12)NCc1ccco1. The minimum Gasteiger partial charge on any atom is -0.467 e. The zero-order valence-corrected chi connectivity index (χ0v) is 12.1. The number of thioether (sulfide) groups is 1. The van der Waals surface area contributed by atoms with Crippen LogP contribution in [0, 0.1) is 0 Å². The quantitative estimate of drug-likeness (QED) is 0.735. The first-order chi connectivity index (χ1) is 10.3. The molecule has 5 heteroatoms. The second kappa shape index (κ2) is 6.45. The monoisotopic (exact) mass is 298 g/mol. The lowest BCUT2D eigenvalue weighted by Crippen LogP contribution is -2.24. The van der Waals surface area contributed by atoms with Crippen molar-refractivity contribution in [3.8, 4) is 0 Å². The molecule has 3 aromatic rings. The number of pyridine rings is 1. The molecule has 0 fully saturated rings. The van der Waals surface area contributed by atoms with Crippen molar-refractivity contribution in [2.75, 3.05) is 5.75 Å². The van der Waals surface area contributed by atoms with E-state index in [-0.39, 0.29) is 5.91 Å². The second-order valence-corrected chi connectivity index (χ2v) is 5.45. The van der Waals surface area contributed by atoms with Crippen LogP contribution in [0.2, 0.25) is 0 Å². The number of carbonyl (C=O) groups is 1. The standard InChI is InChI=1S/C16H14N2O2S/c19-15(18-10-13-5-3-9-20-13)11-21-16-14-6-2-1-4-12(14)7-8-17-16/h1-9H,10-11H2,(H,18,19). The summed E-state index contributed by atoms with van der Waals surface area (Å²) in [4.78, 5) is 16.2. The van der Waals surface area contributed by atoms with Crippen LogP contribution in [0.1, 0.15) is 5.76 Å². The van der Waals surface area contributed by atoms with Crippen LogP contribution in [-0.2, 0) is 11.3 Å². The van der Waals surface area contributed by atoms with Gasteiger partial charge in [-0.3, -0.25) is 4.79 Å². The third kappa shape index (κ3) is 3.44. The van der Waals surface area contributed by atoms with Gasteiger partial charge in [0.05, 0.1) is 18.6 Å². The summed E-state index contributed by atoms with van der Waals surface area (Å²) in [5, 5.41) is 5.90. The molecule has 21 heavy (non-hydrogen) atoms. The van der Waals surface area contributed by atoms with Crippen molar-refractivity contribution in [2.24, 2.45) is 0 Å². The van der Waals surface area contributed by atoms with E-state index in [2.05, 4.69) is 10.3 Å². The second-order valence-electron chi connectivity index (χ2n) is 4.48. The van der Waals surface area contributed by atoms with Crippen LogP contribution in [-0.4, -0.2) is 16.6 Å². The predicted molar refractivity (Wildman–Crippen MR) is 83.0 cm³/mol. The van der Waals surface area contributed by atoms with Gasteiger partial charge in [0.15, 0.2) is 0 Å². The molecule has 0 aliphatic heterocycles. The van der Waals surface area contributed by atoms with Crippen molar-refractivity contribution >= 4 is 28.4 Å². The van der Waals surface area contributed by atoms with Crippen molar-refractivity contribution in [2.45, 2.75) is 11.6 Å². The summed E-state index contributed by atoms with van der Waals surface area (Å²) < 4.78 is 5.17. The van der Waals surface area contributed by atoms with Crippen LogP contribution < -0.4 is 5.32 Å². The Morgan fingerprint density at radius 1 is 1.19 bits per heavy atom. The number of fused-ring (bicyclic) bond motifs is 1. The van der Waals surface area contributed by atoms with Crippen molar-refractivity contribution < 1.29 is 9.21 Å². The van der Waals surface area contributed by atoms with E-state index in [9.17, 15) is 4.79 Å². The van der Waals surface area contributed by atoms with Gasteiger partial charge in [-0.15, -0.1) is 0 Å². The van der Waals surface area contributed by atoms with Gasteiger partial charge in [-0.25, -0.2) is 4.98 Å². The molecule has 1 N–H and O–H groups in total. The van der Waals surface area contributed by atoms with E-state index in [0.29, 0.717) is 12.3 Å². The topological polar surface area (TPSA) is 55.1 Å². The maximum Gasteiger partial charge on any atom is 0.230 e. The Labute approximate surface area is 126 Å². The van der Waals surface area contributed by atoms with Gasteiger partial charge in [-0.1, -0.05) is 36.0 Å². The van der Waals surface area contributed by atoms with E-state index in [1.165, 1.54) is 11.8 Å². The Bertz CT molecular complexity index is 736. The maximum absolute atomic E-state index is 11.8. The van der Waals surface area contributed by atoms with Crippen LogP contribution in [0.25, 0.3) is 10.8 Å². The Morgan fingerprint density at radius 2 is 2.10 bits per heavy atom. The molecule has 2 aromatic heterocycles. The van der Waals surface area contributed by atoms with Crippen molar-refractivity contribution in [3.05, 3.63) is 60.7 Å². The number of hydrogen-bond acceptors (Lipinski definition) is 4. The Hall–Kier alpha value is -2.27. The summed E-state index contributed by atoms with van der Waals surface area (Å²) in [6.07, 6.45) is 3.36. The number of nitrogens with one attached hydrogen (secondary N) is 1. The molecule has 0 aliphatic rings. The van der Waals surface area contributed by atoms with Gasteiger partial charge in [-0.2, -0.15) is 0 Å². The summed E-state index contributed by atoms with van der Waals surface area (Å²) in [7, 11) is 0. The highest BCUT2D eigenvalue weighted by atomic mass is 32.2. The largest absolute Gasteiger partial charge is 0.467 e. The number of aromatic nitrogens is 1. The van der Waals surface area contributed by atoms with E-state index < -0.39 is 0 Å². The Kier molecular flexibility index (Phi) is 4.21. The van der Waals surface area contributed by atoms with Gasteiger partial charge >= 0.3 is 0 Å². The lowest BCUT2D eigenvalue weighted by molar-refractivity contribution is -0.118. The minimum atomic E-state index is -0.0360. The average molecular weight is 298 g/mol. The third-order valence-corrected chi connectivity index (χ3v) is 4.02. The zero-order chi connectivity index (χ0) is 14.5. The predicted octanol–water partition coefficient (Wildman–Crippen LogP) is 3.24. The van der Waals surface area contributed by atoms with E-state index >= 15 is 0 Å². The number of furan rings is 1. The van der Waals surface area contributed by atoms with Crippen molar-refractivity contribution in [1.82, 2.24) is 10.3 Å². The molecular formula is C16H14N2O2S. The number of nitrogens with zero attached hydrogens (tertiary/aromatic N) is 1. The molecule has 0 atom stereocenters. The van der Waals surface area contributed by atoms with Crippen LogP contribution in [0.15, 0.2) is 64.4 Å². The number of carbonyl (C=O) groups excluding carboxylic acids is 1. The first-order valence-corrected chi connectivity index (χ1v) is 7.57. The first-order valence-electron chi connectivity index (χ1n) is 6.58. The lowest BCUT2D eigenvalue weighted by Gasteiger charge is -2.05. The highest BCUT2D eigenvalue weighted by molar-refractivity contribution is 8.00. The van der Waals surface area contributed by atoms with E-state index in [1.807, 2.05) is 36.4 Å². The fraction of sp³-hybridized carbons (Fsp3) is 0.125. The summed E-state index contributed by atoms with van der Waals surface area (Å²) in [5.41, 5.74) is 0. The lowest BCUT2D eigenvalue weighted by atomic mass is 10.2. The molecule has 106 valence electrons. The van der Waals surface area contributed by atoms with Gasteiger partial charge in [0.1, 0.15) is 10.8 Å². The van der Waals surface area contributed by atoms with E-state index in [4.69, 9.17) is 4.42 Å². The molecule has 0 saturated heterocycles. The first kappa shape index (κ1) is 13.7. The van der Waals surface area contributed by atoms with Crippen LogP contribution in [0.5, 0.6) is 0 Å². The molecule has 3 rings (SSSR count). The van der Waals surface area contributed by atoms with Gasteiger partial charge < -0.3 is 9.73 Å². The van der Waals surface area contributed by atoms with E-state index in [0.717, 1.165) is 21.6 Å². The smallest absolute Gasteiger partial charge is 0.230 e. The summed E-state index contributed by atoms with van der Waals surface area (Å²) in [6, 6.07) is 13.6. The Morgan fingerprint density at radius 3 is 2.95 bits per heavy atom. The molecule has 0 spiro atoms. The molecule has 0 bridgehead atoms. The Balaban J connectivity index is 1.60. The number of rotatable bonds is 5. The van der Waals surface area contributed by atoms with Gasteiger partial charge in [-0.05, 0) is 23.6 Å². The van der Waals surface area contributed by atoms with Crippen LogP contribution in [0.4, 0.5) is 0 Å².